The van der Waals surface area contributed by atoms with Crippen LogP contribution in [0, 0.1) is 0 Å². The molecule has 3 heterocycles. The minimum absolute atomic E-state index is 0. The number of aromatic nitrogens is 1. The highest BCUT2D eigenvalue weighted by atomic mass is 35.5. The largest absolute Gasteiger partial charge is 0.339 e. The first-order valence-electron chi connectivity index (χ1n) is 7.97. The molecule has 1 amide bonds. The maximum Gasteiger partial charge on any atom is 0.239 e. The van der Waals surface area contributed by atoms with Gasteiger partial charge >= 0.3 is 0 Å². The molecule has 3 rings (SSSR count). The molecule has 2 aliphatic rings. The van der Waals surface area contributed by atoms with E-state index in [1.807, 2.05) is 23.2 Å². The molecule has 2 aliphatic heterocycles. The minimum atomic E-state index is 0. The lowest BCUT2D eigenvalue weighted by molar-refractivity contribution is -0.135. The van der Waals surface area contributed by atoms with Crippen LogP contribution in [0.1, 0.15) is 25.0 Å². The average molecular weight is 398 g/mol. The molecule has 5 nitrogen and oxygen atoms in total. The second kappa shape index (κ2) is 11.9. The van der Waals surface area contributed by atoms with E-state index in [-0.39, 0.29) is 43.3 Å². The summed E-state index contributed by atoms with van der Waals surface area (Å²) >= 11 is 0. The summed E-state index contributed by atoms with van der Waals surface area (Å²) in [6.07, 6.45) is 5.20. The Kier molecular flexibility index (Phi) is 11.6. The van der Waals surface area contributed by atoms with Crippen molar-refractivity contribution in [3.05, 3.63) is 30.1 Å². The van der Waals surface area contributed by atoms with E-state index in [0.29, 0.717) is 5.91 Å². The van der Waals surface area contributed by atoms with E-state index in [9.17, 15) is 4.79 Å². The first-order valence-corrected chi connectivity index (χ1v) is 7.97. The number of nitrogens with one attached hydrogen (secondary N) is 1. The summed E-state index contributed by atoms with van der Waals surface area (Å²) in [4.78, 5) is 21.2. The van der Waals surface area contributed by atoms with Gasteiger partial charge in [-0.05, 0) is 31.5 Å². The summed E-state index contributed by atoms with van der Waals surface area (Å²) in [5.74, 6) is 0.298. The van der Waals surface area contributed by atoms with Crippen LogP contribution < -0.4 is 5.32 Å². The second-order valence-corrected chi connectivity index (χ2v) is 5.93. The summed E-state index contributed by atoms with van der Waals surface area (Å²) in [7, 11) is 0. The van der Waals surface area contributed by atoms with Gasteiger partial charge in [0.15, 0.2) is 0 Å². The first-order chi connectivity index (χ1) is 10.3. The molecule has 1 aromatic heterocycles. The standard InChI is InChI=1S/C16H24N4O.3ClH/c21-16(15-6-2-4-8-18-15)20-11-9-19(10-12-20)13-14-5-1-3-7-17-14;;;/h1,3,5,7,15,18H,2,4,6,8-13H2;3*1H/t15-;;;/m0.../s1. The van der Waals surface area contributed by atoms with Gasteiger partial charge in [-0.2, -0.15) is 0 Å². The van der Waals surface area contributed by atoms with Gasteiger partial charge in [-0.15, -0.1) is 37.2 Å². The van der Waals surface area contributed by atoms with Crippen molar-refractivity contribution in [2.75, 3.05) is 32.7 Å². The van der Waals surface area contributed by atoms with Gasteiger partial charge in [0.25, 0.3) is 0 Å². The Morgan fingerprint density at radius 1 is 1.12 bits per heavy atom. The average Bonchev–Trinajstić information content (AvgIpc) is 2.57. The molecule has 8 heteroatoms. The second-order valence-electron chi connectivity index (χ2n) is 5.93. The zero-order valence-electron chi connectivity index (χ0n) is 13.7. The van der Waals surface area contributed by atoms with E-state index in [1.165, 1.54) is 12.8 Å². The van der Waals surface area contributed by atoms with E-state index >= 15 is 0 Å². The summed E-state index contributed by atoms with van der Waals surface area (Å²) in [5.41, 5.74) is 1.10. The van der Waals surface area contributed by atoms with Crippen molar-refractivity contribution in [3.63, 3.8) is 0 Å². The number of carbonyl (C=O) groups is 1. The van der Waals surface area contributed by atoms with Crippen LogP contribution in [0.15, 0.2) is 24.4 Å². The van der Waals surface area contributed by atoms with Crippen molar-refractivity contribution >= 4 is 43.1 Å². The van der Waals surface area contributed by atoms with E-state index < -0.39 is 0 Å². The van der Waals surface area contributed by atoms with E-state index in [1.54, 1.807) is 0 Å². The van der Waals surface area contributed by atoms with Gasteiger partial charge in [0.05, 0.1) is 11.7 Å². The number of carbonyl (C=O) groups excluding carboxylic acids is 1. The molecule has 2 saturated heterocycles. The number of hydrogen-bond acceptors (Lipinski definition) is 4. The van der Waals surface area contributed by atoms with E-state index in [2.05, 4.69) is 21.3 Å². The minimum Gasteiger partial charge on any atom is -0.339 e. The first kappa shape index (κ1) is 23.4. The molecular weight excluding hydrogens is 371 g/mol. The van der Waals surface area contributed by atoms with Crippen LogP contribution in [0.25, 0.3) is 0 Å². The number of halogens is 3. The Hall–Kier alpha value is -0.590. The molecule has 0 unspecified atom stereocenters. The summed E-state index contributed by atoms with van der Waals surface area (Å²) in [6.45, 7) is 5.42. The van der Waals surface area contributed by atoms with Crippen LogP contribution in [-0.4, -0.2) is 59.5 Å². The molecule has 0 radical (unpaired) electrons. The van der Waals surface area contributed by atoms with Gasteiger partial charge in [0.1, 0.15) is 0 Å². The molecule has 0 aliphatic carbocycles. The van der Waals surface area contributed by atoms with E-state index in [0.717, 1.165) is 51.4 Å². The smallest absolute Gasteiger partial charge is 0.239 e. The fourth-order valence-electron chi connectivity index (χ4n) is 3.13. The maximum atomic E-state index is 12.5. The number of pyridine rings is 1. The summed E-state index contributed by atoms with van der Waals surface area (Å²) < 4.78 is 0. The lowest BCUT2D eigenvalue weighted by atomic mass is 10.0. The SMILES string of the molecule is Cl.Cl.Cl.O=C([C@@H]1CCCCN1)N1CCN(Cc2ccccn2)CC1. The van der Waals surface area contributed by atoms with Gasteiger partial charge in [0.2, 0.25) is 5.91 Å². The molecule has 0 saturated carbocycles. The van der Waals surface area contributed by atoms with Crippen molar-refractivity contribution in [3.8, 4) is 0 Å². The molecule has 138 valence electrons. The third-order valence-corrected chi connectivity index (χ3v) is 4.40. The van der Waals surface area contributed by atoms with Gasteiger partial charge in [-0.3, -0.25) is 14.7 Å². The zero-order chi connectivity index (χ0) is 14.5. The van der Waals surface area contributed by atoms with Gasteiger partial charge in [-0.25, -0.2) is 0 Å². The van der Waals surface area contributed by atoms with Gasteiger partial charge < -0.3 is 10.2 Å². The molecular formula is C16H27Cl3N4O. The molecule has 0 spiro atoms. The fourth-order valence-corrected chi connectivity index (χ4v) is 3.13. The third kappa shape index (κ3) is 6.37. The maximum absolute atomic E-state index is 12.5. The Balaban J connectivity index is 0.00000176. The van der Waals surface area contributed by atoms with Crippen LogP contribution >= 0.6 is 37.2 Å². The van der Waals surface area contributed by atoms with Gasteiger partial charge in [0, 0.05) is 38.9 Å². The Morgan fingerprint density at radius 3 is 2.46 bits per heavy atom. The Labute approximate surface area is 162 Å². The number of nitrogens with zero attached hydrogens (tertiary/aromatic N) is 3. The summed E-state index contributed by atoms with van der Waals surface area (Å²) in [5, 5.41) is 3.35. The zero-order valence-corrected chi connectivity index (χ0v) is 16.2. The molecule has 1 N–H and O–H groups in total. The highest BCUT2D eigenvalue weighted by Crippen LogP contribution is 2.12. The summed E-state index contributed by atoms with van der Waals surface area (Å²) in [6, 6.07) is 6.08. The van der Waals surface area contributed by atoms with Crippen LogP contribution in [0.4, 0.5) is 0 Å². The third-order valence-electron chi connectivity index (χ3n) is 4.40. The number of rotatable bonds is 3. The van der Waals surface area contributed by atoms with Crippen molar-refractivity contribution in [1.29, 1.82) is 0 Å². The Bertz CT molecular complexity index is 464. The van der Waals surface area contributed by atoms with Crippen molar-refractivity contribution < 1.29 is 4.79 Å². The van der Waals surface area contributed by atoms with Crippen LogP contribution in [0.5, 0.6) is 0 Å². The monoisotopic (exact) mass is 396 g/mol. The highest BCUT2D eigenvalue weighted by molar-refractivity contribution is 5.86. The van der Waals surface area contributed by atoms with E-state index in [4.69, 9.17) is 0 Å². The predicted octanol–water partition coefficient (Wildman–Crippen LogP) is 2.13. The lowest BCUT2D eigenvalue weighted by Crippen LogP contribution is -2.54. The van der Waals surface area contributed by atoms with Crippen molar-refractivity contribution in [1.82, 2.24) is 20.1 Å². The fraction of sp³-hybridized carbons (Fsp3) is 0.625. The number of piperazine rings is 1. The molecule has 1 aromatic rings. The molecule has 0 bridgehead atoms. The van der Waals surface area contributed by atoms with Crippen LogP contribution in [-0.2, 0) is 11.3 Å². The lowest BCUT2D eigenvalue weighted by Gasteiger charge is -2.37. The number of hydrogen-bond donors (Lipinski definition) is 1. The molecule has 2 fully saturated rings. The highest BCUT2D eigenvalue weighted by Gasteiger charge is 2.28. The van der Waals surface area contributed by atoms with Crippen LogP contribution in [0.3, 0.4) is 0 Å². The van der Waals surface area contributed by atoms with Crippen LogP contribution in [0.2, 0.25) is 0 Å². The Morgan fingerprint density at radius 2 is 1.88 bits per heavy atom. The number of amides is 1. The predicted molar refractivity (Wildman–Crippen MR) is 103 cm³/mol. The van der Waals surface area contributed by atoms with Gasteiger partial charge in [-0.1, -0.05) is 12.5 Å². The topological polar surface area (TPSA) is 48.5 Å². The van der Waals surface area contributed by atoms with Crippen molar-refractivity contribution in [2.45, 2.75) is 31.8 Å². The molecule has 1 atom stereocenters. The normalized spacial score (nSPS) is 21.0. The molecule has 0 aromatic carbocycles. The molecule has 24 heavy (non-hydrogen) atoms. The quantitative estimate of drug-likeness (QED) is 0.849. The number of piperidine rings is 1. The van der Waals surface area contributed by atoms with Crippen molar-refractivity contribution in [2.24, 2.45) is 0 Å².